The second kappa shape index (κ2) is 12.2. The van der Waals surface area contributed by atoms with E-state index in [1.807, 2.05) is 17.0 Å². The number of alkyl halides is 3. The van der Waals surface area contributed by atoms with Gasteiger partial charge < -0.3 is 20.1 Å². The van der Waals surface area contributed by atoms with Crippen molar-refractivity contribution in [3.63, 3.8) is 0 Å². The standard InChI is InChI=1S/C32H25ClF5N7O2S/c33-24-22(17-4-5-19(35)28-21(17)18(10-40)29(41)48-28)25(38)26-23-27(24)46-13-16(3-1-7-39)45(12-20(36)37)30(23)43-31(42-26)47-14-32-6-2-8-44(32)11-15(34)9-32/h1,3-5,15-16,20H,2,6,8-9,11-14,41H2/b3-1+/t15-,16+,32+/m1/s1. The van der Waals surface area contributed by atoms with Crippen molar-refractivity contribution in [1.29, 1.82) is 10.5 Å². The smallest absolute Gasteiger partial charge is 0.319 e. The number of nitrogen functional groups attached to an aromatic ring is 1. The second-order valence-electron chi connectivity index (χ2n) is 11.9. The first-order valence-corrected chi connectivity index (χ1v) is 16.2. The molecule has 3 aliphatic rings. The van der Waals surface area contributed by atoms with E-state index in [0.29, 0.717) is 13.0 Å². The third-order valence-corrected chi connectivity index (χ3v) is 10.6. The number of anilines is 2. The summed E-state index contributed by atoms with van der Waals surface area (Å²) in [6, 6.07) is 4.79. The second-order valence-corrected chi connectivity index (χ2v) is 13.3. The average molecular weight is 702 g/mol. The van der Waals surface area contributed by atoms with Crippen LogP contribution >= 0.6 is 22.9 Å². The molecule has 9 nitrogen and oxygen atoms in total. The van der Waals surface area contributed by atoms with Gasteiger partial charge in [0.05, 0.1) is 44.9 Å². The van der Waals surface area contributed by atoms with E-state index < -0.39 is 47.9 Å². The van der Waals surface area contributed by atoms with Crippen molar-refractivity contribution in [2.24, 2.45) is 0 Å². The molecule has 0 bridgehead atoms. The highest BCUT2D eigenvalue weighted by atomic mass is 35.5. The molecule has 2 aromatic heterocycles. The summed E-state index contributed by atoms with van der Waals surface area (Å²) in [4.78, 5) is 12.0. The molecule has 4 aromatic rings. The van der Waals surface area contributed by atoms with Crippen molar-refractivity contribution >= 4 is 54.7 Å². The van der Waals surface area contributed by atoms with E-state index in [0.717, 1.165) is 34.8 Å². The van der Waals surface area contributed by atoms with Crippen molar-refractivity contribution in [1.82, 2.24) is 14.9 Å². The number of nitrogens with zero attached hydrogens (tertiary/aromatic N) is 6. The van der Waals surface area contributed by atoms with Gasteiger partial charge >= 0.3 is 6.01 Å². The Bertz CT molecular complexity index is 2080. The first-order chi connectivity index (χ1) is 23.1. The normalized spacial score (nSPS) is 22.3. The molecule has 16 heteroatoms. The topological polar surface area (TPSA) is 124 Å². The van der Waals surface area contributed by atoms with Gasteiger partial charge in [-0.25, -0.2) is 22.0 Å². The fraction of sp³-hybridized carbons (Fsp3) is 0.375. The molecule has 0 spiro atoms. The van der Waals surface area contributed by atoms with Crippen molar-refractivity contribution in [2.75, 3.05) is 43.5 Å². The molecule has 0 radical (unpaired) electrons. The summed E-state index contributed by atoms with van der Waals surface area (Å²) in [5.74, 6) is -2.05. The van der Waals surface area contributed by atoms with Crippen molar-refractivity contribution in [2.45, 2.75) is 43.4 Å². The van der Waals surface area contributed by atoms with Crippen LogP contribution in [-0.2, 0) is 0 Å². The number of ether oxygens (including phenoxy) is 2. The monoisotopic (exact) mass is 701 g/mol. The minimum Gasteiger partial charge on any atom is -0.489 e. The summed E-state index contributed by atoms with van der Waals surface area (Å²) in [6.07, 6.45) is 0.228. The number of hydrogen-bond acceptors (Lipinski definition) is 10. The van der Waals surface area contributed by atoms with Crippen molar-refractivity contribution < 1.29 is 31.4 Å². The first-order valence-electron chi connectivity index (χ1n) is 15.0. The molecule has 7 rings (SSSR count). The van der Waals surface area contributed by atoms with Gasteiger partial charge in [0.2, 0.25) is 0 Å². The zero-order valence-corrected chi connectivity index (χ0v) is 26.5. The summed E-state index contributed by atoms with van der Waals surface area (Å²) < 4.78 is 86.8. The van der Waals surface area contributed by atoms with Gasteiger partial charge in [-0.2, -0.15) is 20.5 Å². The predicted octanol–water partition coefficient (Wildman–Crippen LogP) is 6.76. The largest absolute Gasteiger partial charge is 0.489 e. The van der Waals surface area contributed by atoms with E-state index in [-0.39, 0.29) is 85.9 Å². The SMILES string of the molecule is N#C/C=C/[C@H]1COc2c(Cl)c(-c3ccc(F)c4sc(N)c(C#N)c34)c(F)c3nc(OC[C@@]45CCCN4C[C@H](F)C5)nc(c23)N1CC(F)F. The fourth-order valence-corrected chi connectivity index (χ4v) is 8.42. The number of rotatable bonds is 7. The molecule has 0 unspecified atom stereocenters. The number of allylic oxidation sites excluding steroid dienone is 1. The lowest BCUT2D eigenvalue weighted by Gasteiger charge is -2.31. The van der Waals surface area contributed by atoms with Crippen LogP contribution in [-0.4, -0.2) is 71.9 Å². The number of nitrogens with two attached hydrogens (primary N) is 1. The van der Waals surface area contributed by atoms with E-state index in [9.17, 15) is 28.1 Å². The molecule has 248 valence electrons. The Morgan fingerprint density at radius 3 is 2.81 bits per heavy atom. The Hall–Kier alpha value is -4.44. The van der Waals surface area contributed by atoms with E-state index >= 15 is 4.39 Å². The lowest BCUT2D eigenvalue weighted by Crippen LogP contribution is -2.43. The van der Waals surface area contributed by atoms with Gasteiger partial charge in [-0.3, -0.25) is 4.90 Å². The lowest BCUT2D eigenvalue weighted by atomic mass is 9.95. The van der Waals surface area contributed by atoms with Crippen LogP contribution < -0.4 is 20.1 Å². The molecule has 2 saturated heterocycles. The zero-order valence-electron chi connectivity index (χ0n) is 25.0. The average Bonchev–Trinajstić information content (AvgIpc) is 3.67. The Labute approximate surface area is 279 Å². The molecule has 2 fully saturated rings. The Morgan fingerprint density at radius 1 is 1.25 bits per heavy atom. The minimum absolute atomic E-state index is 0.00390. The summed E-state index contributed by atoms with van der Waals surface area (Å²) in [6.45, 7) is -0.280. The van der Waals surface area contributed by atoms with E-state index in [1.165, 1.54) is 12.1 Å². The lowest BCUT2D eigenvalue weighted by molar-refractivity contribution is 0.107. The molecule has 0 amide bonds. The summed E-state index contributed by atoms with van der Waals surface area (Å²) in [5, 5.41) is 18.7. The number of fused-ring (bicyclic) bond motifs is 2. The third-order valence-electron chi connectivity index (χ3n) is 9.17. The predicted molar refractivity (Wildman–Crippen MR) is 170 cm³/mol. The molecule has 0 aliphatic carbocycles. The molecule has 2 aromatic carbocycles. The maximum Gasteiger partial charge on any atom is 0.319 e. The number of aromatic nitrogens is 2. The van der Waals surface area contributed by atoms with Crippen LogP contribution in [0, 0.1) is 34.3 Å². The van der Waals surface area contributed by atoms with Crippen molar-refractivity contribution in [3.8, 4) is 35.0 Å². The quantitative estimate of drug-likeness (QED) is 0.164. The third kappa shape index (κ3) is 5.12. The number of hydrogen-bond donors (Lipinski definition) is 1. The molecule has 3 aliphatic heterocycles. The maximum atomic E-state index is 17.0. The molecule has 2 N–H and O–H groups in total. The number of nitriles is 2. The fourth-order valence-electron chi connectivity index (χ4n) is 7.14. The minimum atomic E-state index is -2.88. The Balaban J connectivity index is 1.48. The van der Waals surface area contributed by atoms with Gasteiger partial charge in [-0.15, -0.1) is 11.3 Å². The highest BCUT2D eigenvalue weighted by Gasteiger charge is 2.49. The van der Waals surface area contributed by atoms with Gasteiger partial charge in [0, 0.05) is 30.0 Å². The first kappa shape index (κ1) is 32.1. The van der Waals surface area contributed by atoms with Gasteiger partial charge in [-0.05, 0) is 37.1 Å². The van der Waals surface area contributed by atoms with Crippen LogP contribution in [0.15, 0.2) is 24.3 Å². The van der Waals surface area contributed by atoms with E-state index in [2.05, 4.69) is 9.97 Å². The van der Waals surface area contributed by atoms with Crippen molar-refractivity contribution in [3.05, 3.63) is 46.5 Å². The maximum absolute atomic E-state index is 17.0. The molecule has 5 heterocycles. The van der Waals surface area contributed by atoms with Gasteiger partial charge in [0.25, 0.3) is 6.43 Å². The van der Waals surface area contributed by atoms with Gasteiger partial charge in [0.15, 0.2) is 11.6 Å². The van der Waals surface area contributed by atoms with Crippen LogP contribution in [0.3, 0.4) is 0 Å². The van der Waals surface area contributed by atoms with Gasteiger partial charge in [-0.1, -0.05) is 17.7 Å². The summed E-state index contributed by atoms with van der Waals surface area (Å²) >= 11 is 7.70. The highest BCUT2D eigenvalue weighted by Crippen LogP contribution is 2.51. The number of halogens is 6. The van der Waals surface area contributed by atoms with E-state index in [1.54, 1.807) is 0 Å². The Kier molecular flexibility index (Phi) is 8.18. The van der Waals surface area contributed by atoms with Crippen LogP contribution in [0.1, 0.15) is 24.8 Å². The molecular weight excluding hydrogens is 677 g/mol. The molecule has 48 heavy (non-hydrogen) atoms. The van der Waals surface area contributed by atoms with E-state index in [4.69, 9.17) is 26.8 Å². The van der Waals surface area contributed by atoms with Crippen LogP contribution in [0.5, 0.6) is 11.8 Å². The summed E-state index contributed by atoms with van der Waals surface area (Å²) in [7, 11) is 0. The van der Waals surface area contributed by atoms with Gasteiger partial charge in [0.1, 0.15) is 47.6 Å². The van der Waals surface area contributed by atoms with Crippen LogP contribution in [0.2, 0.25) is 5.02 Å². The van der Waals surface area contributed by atoms with Crippen LogP contribution in [0.4, 0.5) is 32.8 Å². The Morgan fingerprint density at radius 2 is 2.06 bits per heavy atom. The molecule has 3 atom stereocenters. The van der Waals surface area contributed by atoms with Crippen LogP contribution in [0.25, 0.3) is 32.1 Å². The molecular formula is C32H25ClF5N7O2S. The summed E-state index contributed by atoms with van der Waals surface area (Å²) in [5.41, 5.74) is 4.66. The molecule has 0 saturated carbocycles. The zero-order chi connectivity index (χ0) is 33.9. The number of benzene rings is 2. The number of thiophene rings is 1. The highest BCUT2D eigenvalue weighted by molar-refractivity contribution is 7.23.